The van der Waals surface area contributed by atoms with E-state index in [1.807, 2.05) is 18.2 Å². The topological polar surface area (TPSA) is 36.4 Å². The van der Waals surface area contributed by atoms with E-state index in [2.05, 4.69) is 18.7 Å². The summed E-state index contributed by atoms with van der Waals surface area (Å²) in [6.07, 6.45) is 6.08. The molecule has 0 bridgehead atoms. The van der Waals surface area contributed by atoms with E-state index in [9.17, 15) is 5.11 Å². The van der Waals surface area contributed by atoms with Crippen molar-refractivity contribution in [2.45, 2.75) is 65.0 Å². The normalized spacial score (nSPS) is 18.1. The van der Waals surface area contributed by atoms with Crippen LogP contribution in [0.2, 0.25) is 5.02 Å². The smallest absolute Gasteiger partial charge is 0.186 e. The van der Waals surface area contributed by atoms with Crippen molar-refractivity contribution in [2.75, 3.05) is 11.4 Å². The average Bonchev–Trinajstić information content (AvgIpc) is 3.55. The molecule has 0 radical (unpaired) electrons. The van der Waals surface area contributed by atoms with Crippen LogP contribution >= 0.6 is 22.9 Å². The second kappa shape index (κ2) is 7.73. The zero-order chi connectivity index (χ0) is 19.1. The quantitative estimate of drug-likeness (QED) is 0.566. The van der Waals surface area contributed by atoms with Crippen LogP contribution in [0.4, 0.5) is 5.13 Å². The molecule has 0 amide bonds. The molecule has 3 nitrogen and oxygen atoms in total. The molecule has 1 unspecified atom stereocenters. The summed E-state index contributed by atoms with van der Waals surface area (Å²) in [5.41, 5.74) is 2.85. The number of aryl methyl sites for hydroxylation is 1. The average molecular weight is 405 g/mol. The van der Waals surface area contributed by atoms with Gasteiger partial charge in [-0.1, -0.05) is 24.6 Å². The van der Waals surface area contributed by atoms with E-state index >= 15 is 0 Å². The molecule has 1 heterocycles. The van der Waals surface area contributed by atoms with E-state index in [0.717, 1.165) is 46.8 Å². The molecule has 2 saturated carbocycles. The summed E-state index contributed by atoms with van der Waals surface area (Å²) in [5.74, 6) is 1.72. The second-order valence-corrected chi connectivity index (χ2v) is 9.79. The highest BCUT2D eigenvalue weighted by molar-refractivity contribution is 7.16. The van der Waals surface area contributed by atoms with Gasteiger partial charge < -0.3 is 10.0 Å². The largest absolute Gasteiger partial charge is 0.389 e. The van der Waals surface area contributed by atoms with Crippen molar-refractivity contribution in [2.24, 2.45) is 11.8 Å². The Morgan fingerprint density at radius 1 is 1.26 bits per heavy atom. The number of benzene rings is 1. The van der Waals surface area contributed by atoms with Gasteiger partial charge in [0.25, 0.3) is 0 Å². The van der Waals surface area contributed by atoms with Crippen LogP contribution in [0.3, 0.4) is 0 Å². The minimum absolute atomic E-state index is 0.569. The molecule has 2 aliphatic carbocycles. The molecule has 1 N–H and O–H groups in total. The number of halogens is 1. The van der Waals surface area contributed by atoms with Crippen LogP contribution in [0.15, 0.2) is 18.2 Å². The molecule has 146 valence electrons. The van der Waals surface area contributed by atoms with Crippen molar-refractivity contribution in [3.63, 3.8) is 0 Å². The first-order valence-electron chi connectivity index (χ1n) is 10.2. The first-order chi connectivity index (χ1) is 13.0. The van der Waals surface area contributed by atoms with Crippen molar-refractivity contribution in [1.29, 1.82) is 0 Å². The van der Waals surface area contributed by atoms with Gasteiger partial charge in [0.2, 0.25) is 0 Å². The Kier molecular flexibility index (Phi) is 5.50. The van der Waals surface area contributed by atoms with Gasteiger partial charge in [0.1, 0.15) is 0 Å². The maximum absolute atomic E-state index is 10.2. The fraction of sp³-hybridized carbons (Fsp3) is 0.591. The monoisotopic (exact) mass is 404 g/mol. The fourth-order valence-electron chi connectivity index (χ4n) is 4.23. The molecule has 2 aliphatic rings. The lowest BCUT2D eigenvalue weighted by Gasteiger charge is -2.32. The number of hydrogen-bond donors (Lipinski definition) is 1. The predicted octanol–water partition coefficient (Wildman–Crippen LogP) is 6.23. The fourth-order valence-corrected chi connectivity index (χ4v) is 5.41. The Hall–Kier alpha value is -1.10. The lowest BCUT2D eigenvalue weighted by atomic mass is 10.0. The standard InChI is InChI=1S/C22H29ClN2OS/c1-4-11-25(21(15-5-6-15)16-7-8-16)22-24-20(14(3)27-22)18-10-9-17(23)12-19(18)13(2)26/h9-10,12-13,15-16,21,26H,4-8,11H2,1-3H3. The molecule has 0 saturated heterocycles. The van der Waals surface area contributed by atoms with Gasteiger partial charge in [0.15, 0.2) is 5.13 Å². The molecule has 4 rings (SSSR count). The van der Waals surface area contributed by atoms with E-state index in [1.54, 1.807) is 18.3 Å². The number of rotatable bonds is 8. The highest BCUT2D eigenvalue weighted by Crippen LogP contribution is 2.49. The summed E-state index contributed by atoms with van der Waals surface area (Å²) < 4.78 is 0. The highest BCUT2D eigenvalue weighted by Gasteiger charge is 2.45. The first-order valence-corrected chi connectivity index (χ1v) is 11.4. The molecule has 1 aromatic heterocycles. The van der Waals surface area contributed by atoms with Crippen LogP contribution in [0, 0.1) is 18.8 Å². The number of aromatic nitrogens is 1. The minimum Gasteiger partial charge on any atom is -0.389 e. The summed E-state index contributed by atoms with van der Waals surface area (Å²) in [6.45, 7) is 7.27. The first kappa shape index (κ1) is 19.2. The molecule has 2 aromatic rings. The molecule has 1 atom stereocenters. The number of nitrogens with zero attached hydrogens (tertiary/aromatic N) is 2. The molecule has 5 heteroatoms. The van der Waals surface area contributed by atoms with Crippen LogP contribution in [0.25, 0.3) is 11.3 Å². The van der Waals surface area contributed by atoms with Crippen molar-refractivity contribution >= 4 is 28.1 Å². The van der Waals surface area contributed by atoms with E-state index < -0.39 is 6.10 Å². The Labute approximate surface area is 171 Å². The Bertz CT molecular complexity index is 799. The second-order valence-electron chi connectivity index (χ2n) is 8.17. The maximum atomic E-state index is 10.2. The van der Waals surface area contributed by atoms with Crippen molar-refractivity contribution < 1.29 is 5.11 Å². The third-order valence-electron chi connectivity index (χ3n) is 5.78. The van der Waals surface area contributed by atoms with Gasteiger partial charge in [0, 0.05) is 28.0 Å². The van der Waals surface area contributed by atoms with Gasteiger partial charge in [-0.2, -0.15) is 0 Å². The van der Waals surface area contributed by atoms with Crippen LogP contribution in [-0.2, 0) is 0 Å². The summed E-state index contributed by atoms with van der Waals surface area (Å²) in [5, 5.41) is 12.0. The molecule has 27 heavy (non-hydrogen) atoms. The Balaban J connectivity index is 1.72. The van der Waals surface area contributed by atoms with Gasteiger partial charge in [-0.25, -0.2) is 4.98 Å². The Morgan fingerprint density at radius 2 is 1.93 bits per heavy atom. The highest BCUT2D eigenvalue weighted by atomic mass is 35.5. The SMILES string of the molecule is CCCN(c1nc(-c2ccc(Cl)cc2C(C)O)c(C)s1)C(C1CC1)C1CC1. The molecule has 2 fully saturated rings. The Morgan fingerprint density at radius 3 is 2.48 bits per heavy atom. The zero-order valence-corrected chi connectivity index (χ0v) is 18.0. The number of anilines is 1. The van der Waals surface area contributed by atoms with E-state index in [4.69, 9.17) is 16.6 Å². The number of aliphatic hydroxyl groups excluding tert-OH is 1. The summed E-state index contributed by atoms with van der Waals surface area (Å²) in [4.78, 5) is 8.92. The third-order valence-corrected chi connectivity index (χ3v) is 7.03. The van der Waals surface area contributed by atoms with E-state index in [-0.39, 0.29) is 0 Å². The van der Waals surface area contributed by atoms with Gasteiger partial charge >= 0.3 is 0 Å². The van der Waals surface area contributed by atoms with Gasteiger partial charge in [0.05, 0.1) is 11.8 Å². The molecule has 1 aromatic carbocycles. The van der Waals surface area contributed by atoms with Crippen LogP contribution in [0.5, 0.6) is 0 Å². The van der Waals surface area contributed by atoms with E-state index in [0.29, 0.717) is 11.1 Å². The van der Waals surface area contributed by atoms with Crippen molar-refractivity contribution in [1.82, 2.24) is 4.98 Å². The van der Waals surface area contributed by atoms with Crippen LogP contribution < -0.4 is 4.90 Å². The zero-order valence-electron chi connectivity index (χ0n) is 16.4. The van der Waals surface area contributed by atoms with Gasteiger partial charge in [-0.3, -0.25) is 0 Å². The number of hydrogen-bond acceptors (Lipinski definition) is 4. The third kappa shape index (κ3) is 4.03. The van der Waals surface area contributed by atoms with E-state index in [1.165, 1.54) is 30.6 Å². The van der Waals surface area contributed by atoms with Crippen molar-refractivity contribution in [3.8, 4) is 11.3 Å². The van der Waals surface area contributed by atoms with Gasteiger partial charge in [-0.05, 0) is 75.5 Å². The van der Waals surface area contributed by atoms with Gasteiger partial charge in [-0.15, -0.1) is 11.3 Å². The minimum atomic E-state index is -0.569. The summed E-state index contributed by atoms with van der Waals surface area (Å²) >= 11 is 7.97. The summed E-state index contributed by atoms with van der Waals surface area (Å²) in [6, 6.07) is 6.42. The summed E-state index contributed by atoms with van der Waals surface area (Å²) in [7, 11) is 0. The molecule has 0 spiro atoms. The van der Waals surface area contributed by atoms with Crippen molar-refractivity contribution in [3.05, 3.63) is 33.7 Å². The molecule has 0 aliphatic heterocycles. The lowest BCUT2D eigenvalue weighted by Crippen LogP contribution is -2.39. The molecular formula is C22H29ClN2OS. The van der Waals surface area contributed by atoms with Crippen LogP contribution in [-0.4, -0.2) is 22.7 Å². The number of aliphatic hydroxyl groups is 1. The predicted molar refractivity (Wildman–Crippen MR) is 115 cm³/mol. The maximum Gasteiger partial charge on any atom is 0.186 e. The lowest BCUT2D eigenvalue weighted by molar-refractivity contribution is 0.200. The number of thiazole rings is 1. The van der Waals surface area contributed by atoms with Crippen LogP contribution in [0.1, 0.15) is 62.5 Å². The molecular weight excluding hydrogens is 376 g/mol.